The lowest BCUT2D eigenvalue weighted by molar-refractivity contribution is 0.944. The smallest absolute Gasteiger partial charge is 0.0579 e. The van der Waals surface area contributed by atoms with E-state index < -0.39 is 0 Å². The maximum absolute atomic E-state index is 2.59. The lowest BCUT2D eigenvalue weighted by Crippen LogP contribution is -2.07. The van der Waals surface area contributed by atoms with E-state index in [-0.39, 0.29) is 0 Å². The standard InChI is InChI=1S/C74H50N2/c1-7-19-49(20-8-1)55-33-38-72-68(45-55)66-36-35-64-65(74(66)76(72)63-43-60(53-27-15-5-16-28-53)40-61(44-63)54-29-17-6-18-30-54)34-31-57-47-70-69-46-56(50-21-9-2-10-22-50)32-37-71(69)75(73(70)48-67(57)64)62-41-58(51-23-11-3-12-24-51)39-59(42-62)52-25-13-4-14-26-52/h1-30,32-33,35-48H,31,34H2. The minimum atomic E-state index is 0.921. The molecule has 2 heteroatoms. The van der Waals surface area contributed by atoms with Gasteiger partial charge in [0.2, 0.25) is 0 Å². The summed E-state index contributed by atoms with van der Waals surface area (Å²) < 4.78 is 5.12. The second-order valence-corrected chi connectivity index (χ2v) is 20.4. The molecule has 14 aromatic rings. The Morgan fingerprint density at radius 1 is 0.224 bits per heavy atom. The SMILES string of the molecule is c1ccc(-c2cc(-c3ccccc3)cc(-n3c4ccc(-c5ccccc5)cc4c4cc5c(cc43)-c3ccc4c6cc(-c7ccccc7)ccc6n(-c6cc(-c7ccccc7)cc(-c7ccccc7)c6)c4c3CC5)c2)cc1. The summed E-state index contributed by atoms with van der Waals surface area (Å²) in [6.45, 7) is 0. The van der Waals surface area contributed by atoms with Crippen molar-refractivity contribution in [3.05, 3.63) is 290 Å². The average molecular weight is 967 g/mol. The van der Waals surface area contributed by atoms with E-state index in [4.69, 9.17) is 0 Å². The van der Waals surface area contributed by atoms with Crippen molar-refractivity contribution in [1.29, 1.82) is 0 Å². The summed E-state index contributed by atoms with van der Waals surface area (Å²) in [5.74, 6) is 0. The molecule has 0 bridgehead atoms. The highest BCUT2D eigenvalue weighted by molar-refractivity contribution is 6.15. The Bertz CT molecular complexity index is 4350. The van der Waals surface area contributed by atoms with Gasteiger partial charge in [-0.2, -0.15) is 0 Å². The Labute approximate surface area is 442 Å². The fourth-order valence-corrected chi connectivity index (χ4v) is 12.3. The Hall–Kier alpha value is -9.76. The van der Waals surface area contributed by atoms with E-state index in [9.17, 15) is 0 Å². The number of aromatic nitrogens is 2. The third-order valence-electron chi connectivity index (χ3n) is 16.0. The Morgan fingerprint density at radius 3 is 1.05 bits per heavy atom. The summed E-state index contributed by atoms with van der Waals surface area (Å²) in [7, 11) is 0. The number of benzene rings is 12. The molecule has 0 fully saturated rings. The van der Waals surface area contributed by atoms with Gasteiger partial charge in [0.1, 0.15) is 0 Å². The molecule has 1 aliphatic carbocycles. The van der Waals surface area contributed by atoms with Gasteiger partial charge in [-0.25, -0.2) is 0 Å². The molecule has 0 aliphatic heterocycles. The van der Waals surface area contributed by atoms with E-state index >= 15 is 0 Å². The van der Waals surface area contributed by atoms with Crippen molar-refractivity contribution in [2.75, 3.05) is 0 Å². The van der Waals surface area contributed by atoms with Crippen LogP contribution in [0.4, 0.5) is 0 Å². The van der Waals surface area contributed by atoms with Gasteiger partial charge in [-0.05, 0) is 175 Å². The molecule has 0 unspecified atom stereocenters. The van der Waals surface area contributed by atoms with Gasteiger partial charge in [-0.1, -0.05) is 206 Å². The first-order valence-corrected chi connectivity index (χ1v) is 26.5. The zero-order valence-electron chi connectivity index (χ0n) is 41.9. The monoisotopic (exact) mass is 966 g/mol. The zero-order valence-corrected chi connectivity index (χ0v) is 41.9. The van der Waals surface area contributed by atoms with Crippen molar-refractivity contribution in [3.63, 3.8) is 0 Å². The molecule has 15 rings (SSSR count). The lowest BCUT2D eigenvalue weighted by Gasteiger charge is -2.23. The van der Waals surface area contributed by atoms with Crippen LogP contribution < -0.4 is 0 Å². The molecule has 2 nitrogen and oxygen atoms in total. The normalized spacial score (nSPS) is 12.1. The van der Waals surface area contributed by atoms with Gasteiger partial charge >= 0.3 is 0 Å². The molecule has 2 aromatic heterocycles. The number of fused-ring (bicyclic) bond motifs is 10. The van der Waals surface area contributed by atoms with Crippen LogP contribution in [0.25, 0.3) is 133 Å². The molecule has 2 heterocycles. The third-order valence-corrected chi connectivity index (χ3v) is 16.0. The van der Waals surface area contributed by atoms with Gasteiger partial charge in [0, 0.05) is 32.9 Å². The van der Waals surface area contributed by atoms with Crippen molar-refractivity contribution in [2.24, 2.45) is 0 Å². The number of rotatable bonds is 8. The summed E-state index contributed by atoms with van der Waals surface area (Å²) in [6, 6.07) is 103. The molecular weight excluding hydrogens is 917 g/mol. The van der Waals surface area contributed by atoms with Gasteiger partial charge in [0.25, 0.3) is 0 Å². The second kappa shape index (κ2) is 18.0. The first-order chi connectivity index (χ1) is 37.7. The van der Waals surface area contributed by atoms with Crippen molar-refractivity contribution in [3.8, 4) is 89.3 Å². The maximum atomic E-state index is 2.59. The number of hydrogen-bond donors (Lipinski definition) is 0. The van der Waals surface area contributed by atoms with Gasteiger partial charge in [0.15, 0.2) is 0 Å². The molecule has 12 aromatic carbocycles. The first-order valence-electron chi connectivity index (χ1n) is 26.5. The molecule has 0 N–H and O–H groups in total. The van der Waals surface area contributed by atoms with Crippen molar-refractivity contribution < 1.29 is 0 Å². The van der Waals surface area contributed by atoms with Crippen LogP contribution >= 0.6 is 0 Å². The molecular formula is C74H50N2. The minimum Gasteiger partial charge on any atom is -0.309 e. The van der Waals surface area contributed by atoms with E-state index in [1.54, 1.807) is 0 Å². The lowest BCUT2D eigenvalue weighted by atomic mass is 9.83. The summed E-state index contributed by atoms with van der Waals surface area (Å²) >= 11 is 0. The van der Waals surface area contributed by atoms with E-state index in [2.05, 4.69) is 288 Å². The molecule has 1 aliphatic rings. The molecule has 356 valence electrons. The molecule has 0 atom stereocenters. The topological polar surface area (TPSA) is 9.86 Å². The predicted molar refractivity (Wildman–Crippen MR) is 321 cm³/mol. The Kier molecular flexibility index (Phi) is 10.4. The summed E-state index contributed by atoms with van der Waals surface area (Å²) in [6.07, 6.45) is 1.85. The number of hydrogen-bond acceptors (Lipinski definition) is 0. The highest BCUT2D eigenvalue weighted by Gasteiger charge is 2.27. The van der Waals surface area contributed by atoms with Crippen LogP contribution in [0.2, 0.25) is 0 Å². The quantitative estimate of drug-likeness (QED) is 0.144. The molecule has 0 amide bonds. The van der Waals surface area contributed by atoms with Gasteiger partial charge in [-0.3, -0.25) is 0 Å². The molecule has 0 saturated carbocycles. The van der Waals surface area contributed by atoms with E-state index in [1.165, 1.54) is 133 Å². The fourth-order valence-electron chi connectivity index (χ4n) is 12.3. The van der Waals surface area contributed by atoms with Crippen LogP contribution in [-0.4, -0.2) is 9.13 Å². The maximum Gasteiger partial charge on any atom is 0.0579 e. The average Bonchev–Trinajstić information content (AvgIpc) is 4.14. The Morgan fingerprint density at radius 2 is 0.605 bits per heavy atom. The van der Waals surface area contributed by atoms with Crippen LogP contribution in [-0.2, 0) is 12.8 Å². The zero-order chi connectivity index (χ0) is 50.1. The highest BCUT2D eigenvalue weighted by Crippen LogP contribution is 2.47. The largest absolute Gasteiger partial charge is 0.309 e. The molecule has 76 heavy (non-hydrogen) atoms. The summed E-state index contributed by atoms with van der Waals surface area (Å²) in [5.41, 5.74) is 27.0. The number of nitrogens with zero attached hydrogens (tertiary/aromatic N) is 2. The number of aryl methyl sites for hydroxylation is 2. The molecule has 0 saturated heterocycles. The van der Waals surface area contributed by atoms with Crippen molar-refractivity contribution >= 4 is 43.6 Å². The van der Waals surface area contributed by atoms with Gasteiger partial charge < -0.3 is 9.13 Å². The molecule has 0 radical (unpaired) electrons. The Balaban J connectivity index is 1.01. The van der Waals surface area contributed by atoms with Crippen molar-refractivity contribution in [1.82, 2.24) is 9.13 Å². The predicted octanol–water partition coefficient (Wildman–Crippen LogP) is 19.6. The minimum absolute atomic E-state index is 0.921. The molecule has 0 spiro atoms. The van der Waals surface area contributed by atoms with Gasteiger partial charge in [0.05, 0.1) is 22.1 Å². The van der Waals surface area contributed by atoms with E-state index in [0.717, 1.165) is 24.2 Å². The fraction of sp³-hybridized carbons (Fsp3) is 0.0270. The van der Waals surface area contributed by atoms with Crippen LogP contribution in [0.15, 0.2) is 279 Å². The highest BCUT2D eigenvalue weighted by atomic mass is 15.0. The van der Waals surface area contributed by atoms with E-state index in [0.29, 0.717) is 0 Å². The van der Waals surface area contributed by atoms with Crippen LogP contribution in [0.3, 0.4) is 0 Å². The van der Waals surface area contributed by atoms with E-state index in [1.807, 2.05) is 0 Å². The van der Waals surface area contributed by atoms with Crippen LogP contribution in [0.5, 0.6) is 0 Å². The second-order valence-electron chi connectivity index (χ2n) is 20.4. The summed E-state index contributed by atoms with van der Waals surface area (Å²) in [5, 5.41) is 5.06. The summed E-state index contributed by atoms with van der Waals surface area (Å²) in [4.78, 5) is 0. The van der Waals surface area contributed by atoms with Crippen LogP contribution in [0, 0.1) is 0 Å². The third kappa shape index (κ3) is 7.41. The first kappa shape index (κ1) is 43.8. The van der Waals surface area contributed by atoms with Crippen LogP contribution in [0.1, 0.15) is 11.1 Å². The van der Waals surface area contributed by atoms with Gasteiger partial charge in [-0.15, -0.1) is 0 Å². The van der Waals surface area contributed by atoms with Crippen molar-refractivity contribution in [2.45, 2.75) is 12.8 Å².